The van der Waals surface area contributed by atoms with E-state index in [0.29, 0.717) is 21.6 Å². The highest BCUT2D eigenvalue weighted by Crippen LogP contribution is 2.29. The zero-order valence-electron chi connectivity index (χ0n) is 9.89. The quantitative estimate of drug-likeness (QED) is 0.671. The van der Waals surface area contributed by atoms with Crippen LogP contribution < -0.4 is 5.32 Å². The monoisotopic (exact) mass is 288 g/mol. The second kappa shape index (κ2) is 5.50. The predicted molar refractivity (Wildman–Crippen MR) is 67.0 cm³/mol. The Morgan fingerprint density at radius 2 is 2.21 bits per heavy atom. The maximum absolute atomic E-state index is 12.5. The van der Waals surface area contributed by atoms with Crippen molar-refractivity contribution in [3.05, 3.63) is 29.7 Å². The highest BCUT2D eigenvalue weighted by molar-refractivity contribution is 6.29. The van der Waals surface area contributed by atoms with E-state index in [1.54, 1.807) is 0 Å². The molecule has 0 radical (unpaired) electrons. The average Bonchev–Trinajstić information content (AvgIpc) is 2.77. The van der Waals surface area contributed by atoms with Crippen LogP contribution in [-0.4, -0.2) is 26.1 Å². The van der Waals surface area contributed by atoms with Crippen molar-refractivity contribution < 1.29 is 13.9 Å². The molecule has 5 nitrogen and oxygen atoms in total. The van der Waals surface area contributed by atoms with E-state index in [4.69, 9.17) is 11.6 Å². The van der Waals surface area contributed by atoms with Gasteiger partial charge in [-0.25, -0.2) is 9.67 Å². The zero-order valence-corrected chi connectivity index (χ0v) is 10.6. The molecule has 0 saturated carbocycles. The van der Waals surface area contributed by atoms with Crippen molar-refractivity contribution in [2.45, 2.75) is 19.7 Å². The van der Waals surface area contributed by atoms with Crippen LogP contribution in [0.5, 0.6) is 0 Å². The number of nitrogens with zero attached hydrogens (tertiary/aromatic N) is 3. The smallest absolute Gasteiger partial charge is 0.333 e. The molecule has 0 saturated heterocycles. The highest BCUT2D eigenvalue weighted by atomic mass is 35.5. The lowest BCUT2D eigenvalue weighted by Crippen LogP contribution is -2.14. The zero-order chi connectivity index (χ0) is 14.0. The van der Waals surface area contributed by atoms with E-state index < -0.39 is 12.8 Å². The minimum atomic E-state index is -2.71. The van der Waals surface area contributed by atoms with E-state index in [1.807, 2.05) is 0 Å². The number of hydrogen-bond acceptors (Lipinski definition) is 4. The van der Waals surface area contributed by atoms with Gasteiger partial charge < -0.3 is 10.4 Å². The number of rotatable bonds is 4. The maximum atomic E-state index is 12.5. The van der Waals surface area contributed by atoms with Gasteiger partial charge in [-0.15, -0.1) is 0 Å². The number of alkyl halides is 2. The molecule has 0 aromatic carbocycles. The van der Waals surface area contributed by atoms with Gasteiger partial charge in [-0.3, -0.25) is 0 Å². The standard InChI is InChI=1S/C11H11ClF2N4O/c1-6(19)16-9-4-10(12)15-5-7(9)8-2-3-18(17-8)11(13)14/h2-6,11,19H,1H3,(H,15,16). The van der Waals surface area contributed by atoms with Crippen LogP contribution in [0.4, 0.5) is 14.5 Å². The first-order valence-corrected chi connectivity index (χ1v) is 5.79. The SMILES string of the molecule is CC(O)Nc1cc(Cl)ncc1-c1ccn(C(F)F)n1. The summed E-state index contributed by atoms with van der Waals surface area (Å²) in [7, 11) is 0. The normalized spacial score (nSPS) is 12.7. The van der Waals surface area contributed by atoms with Gasteiger partial charge in [0.05, 0.1) is 11.4 Å². The third-order valence-electron chi connectivity index (χ3n) is 2.32. The second-order valence-corrected chi connectivity index (χ2v) is 4.22. The minimum Gasteiger partial charge on any atom is -0.374 e. The molecular formula is C11H11ClF2N4O. The lowest BCUT2D eigenvalue weighted by molar-refractivity contribution is 0.0568. The van der Waals surface area contributed by atoms with E-state index in [1.165, 1.54) is 31.5 Å². The van der Waals surface area contributed by atoms with Crippen molar-refractivity contribution in [2.75, 3.05) is 5.32 Å². The maximum Gasteiger partial charge on any atom is 0.333 e. The van der Waals surface area contributed by atoms with E-state index in [0.717, 1.165) is 0 Å². The molecule has 2 heterocycles. The minimum absolute atomic E-state index is 0.222. The van der Waals surface area contributed by atoms with Crippen LogP contribution in [-0.2, 0) is 0 Å². The van der Waals surface area contributed by atoms with Crippen molar-refractivity contribution in [3.8, 4) is 11.3 Å². The summed E-state index contributed by atoms with van der Waals surface area (Å²) in [4.78, 5) is 3.88. The molecule has 2 aromatic rings. The Labute approximate surface area is 112 Å². The number of aliphatic hydroxyl groups excluding tert-OH is 1. The second-order valence-electron chi connectivity index (χ2n) is 3.83. The van der Waals surface area contributed by atoms with Crippen molar-refractivity contribution >= 4 is 17.3 Å². The van der Waals surface area contributed by atoms with Gasteiger partial charge >= 0.3 is 6.55 Å². The summed E-state index contributed by atoms with van der Waals surface area (Å²) in [6.45, 7) is -1.18. The van der Waals surface area contributed by atoms with Crippen LogP contribution in [0, 0.1) is 0 Å². The van der Waals surface area contributed by atoms with Crippen molar-refractivity contribution in [1.29, 1.82) is 0 Å². The first-order chi connectivity index (χ1) is 8.97. The molecular weight excluding hydrogens is 278 g/mol. The first kappa shape index (κ1) is 13.7. The number of aromatic nitrogens is 3. The fourth-order valence-corrected chi connectivity index (χ4v) is 1.73. The summed E-state index contributed by atoms with van der Waals surface area (Å²) in [6, 6.07) is 2.93. The predicted octanol–water partition coefficient (Wildman–Crippen LogP) is 2.74. The summed E-state index contributed by atoms with van der Waals surface area (Å²) < 4.78 is 25.5. The van der Waals surface area contributed by atoms with Crippen LogP contribution >= 0.6 is 11.6 Å². The summed E-state index contributed by atoms with van der Waals surface area (Å²) in [5.74, 6) is 0. The molecule has 2 aromatic heterocycles. The van der Waals surface area contributed by atoms with Crippen LogP contribution in [0.2, 0.25) is 5.15 Å². The molecule has 0 fully saturated rings. The van der Waals surface area contributed by atoms with Gasteiger partial charge in [0.25, 0.3) is 0 Å². The molecule has 0 spiro atoms. The molecule has 2 N–H and O–H groups in total. The Morgan fingerprint density at radius 1 is 1.47 bits per heavy atom. The fourth-order valence-electron chi connectivity index (χ4n) is 1.57. The molecule has 0 aliphatic heterocycles. The van der Waals surface area contributed by atoms with E-state index in [-0.39, 0.29) is 5.15 Å². The number of aliphatic hydroxyl groups is 1. The summed E-state index contributed by atoms with van der Waals surface area (Å²) in [5, 5.41) is 16.0. The van der Waals surface area contributed by atoms with Gasteiger partial charge in [0.1, 0.15) is 11.4 Å². The summed E-state index contributed by atoms with van der Waals surface area (Å²) in [6.07, 6.45) is 1.75. The number of pyridine rings is 1. The molecule has 102 valence electrons. The molecule has 2 rings (SSSR count). The molecule has 0 aliphatic rings. The van der Waals surface area contributed by atoms with E-state index in [2.05, 4.69) is 15.4 Å². The first-order valence-electron chi connectivity index (χ1n) is 5.41. The lowest BCUT2D eigenvalue weighted by Gasteiger charge is -2.12. The Hall–Kier alpha value is -1.73. The Morgan fingerprint density at radius 3 is 2.79 bits per heavy atom. The molecule has 19 heavy (non-hydrogen) atoms. The molecule has 1 unspecified atom stereocenters. The molecule has 0 amide bonds. The van der Waals surface area contributed by atoms with Crippen molar-refractivity contribution in [2.24, 2.45) is 0 Å². The largest absolute Gasteiger partial charge is 0.374 e. The molecule has 8 heteroatoms. The number of anilines is 1. The van der Waals surface area contributed by atoms with Crippen molar-refractivity contribution in [3.63, 3.8) is 0 Å². The Balaban J connectivity index is 2.42. The third-order valence-corrected chi connectivity index (χ3v) is 2.53. The number of hydrogen-bond donors (Lipinski definition) is 2. The average molecular weight is 289 g/mol. The molecule has 0 bridgehead atoms. The Bertz CT molecular complexity index is 574. The van der Waals surface area contributed by atoms with Crippen LogP contribution in [0.25, 0.3) is 11.3 Å². The van der Waals surface area contributed by atoms with E-state index >= 15 is 0 Å². The van der Waals surface area contributed by atoms with Crippen LogP contribution in [0.15, 0.2) is 24.5 Å². The van der Waals surface area contributed by atoms with Gasteiger partial charge in [0, 0.05) is 18.0 Å². The van der Waals surface area contributed by atoms with Gasteiger partial charge in [-0.2, -0.15) is 13.9 Å². The Kier molecular flexibility index (Phi) is 3.96. The van der Waals surface area contributed by atoms with E-state index in [9.17, 15) is 13.9 Å². The molecule has 0 aliphatic carbocycles. The van der Waals surface area contributed by atoms with Gasteiger partial charge in [0.2, 0.25) is 0 Å². The van der Waals surface area contributed by atoms with Gasteiger partial charge in [-0.1, -0.05) is 11.6 Å². The number of nitrogens with one attached hydrogen (secondary N) is 1. The summed E-state index contributed by atoms with van der Waals surface area (Å²) >= 11 is 5.77. The molecule has 1 atom stereocenters. The highest BCUT2D eigenvalue weighted by Gasteiger charge is 2.13. The van der Waals surface area contributed by atoms with Crippen LogP contribution in [0.3, 0.4) is 0 Å². The number of halogens is 3. The van der Waals surface area contributed by atoms with Crippen LogP contribution in [0.1, 0.15) is 13.5 Å². The fraction of sp³-hybridized carbons (Fsp3) is 0.273. The van der Waals surface area contributed by atoms with Crippen molar-refractivity contribution in [1.82, 2.24) is 14.8 Å². The topological polar surface area (TPSA) is 63.0 Å². The lowest BCUT2D eigenvalue weighted by atomic mass is 10.1. The van der Waals surface area contributed by atoms with Gasteiger partial charge in [-0.05, 0) is 19.1 Å². The van der Waals surface area contributed by atoms with Gasteiger partial charge in [0.15, 0.2) is 0 Å². The third kappa shape index (κ3) is 3.18. The summed E-state index contributed by atoms with van der Waals surface area (Å²) in [5.41, 5.74) is 1.26.